The van der Waals surface area contributed by atoms with Crippen molar-refractivity contribution in [2.75, 3.05) is 13.1 Å². The van der Waals surface area contributed by atoms with Crippen molar-refractivity contribution < 1.29 is 0 Å². The van der Waals surface area contributed by atoms with Gasteiger partial charge < -0.3 is 11.1 Å². The molecule has 0 spiro atoms. The molecule has 2 aliphatic carbocycles. The van der Waals surface area contributed by atoms with Crippen LogP contribution < -0.4 is 11.1 Å². The van der Waals surface area contributed by atoms with Gasteiger partial charge in [0.05, 0.1) is 0 Å². The molecule has 0 unspecified atom stereocenters. The van der Waals surface area contributed by atoms with E-state index >= 15 is 0 Å². The smallest absolute Gasteiger partial charge is 0.188 e. The fourth-order valence-corrected chi connectivity index (χ4v) is 3.22. The number of nitrogens with zero attached hydrogens (tertiary/aromatic N) is 1. The summed E-state index contributed by atoms with van der Waals surface area (Å²) >= 11 is 0. The highest BCUT2D eigenvalue weighted by molar-refractivity contribution is 5.77. The van der Waals surface area contributed by atoms with E-state index in [0.717, 1.165) is 24.9 Å². The summed E-state index contributed by atoms with van der Waals surface area (Å²) in [6.07, 6.45) is 9.45. The highest BCUT2D eigenvalue weighted by Gasteiger charge is 2.37. The van der Waals surface area contributed by atoms with Crippen LogP contribution in [0.15, 0.2) is 4.99 Å². The summed E-state index contributed by atoms with van der Waals surface area (Å²) in [6.45, 7) is 6.56. The Morgan fingerprint density at radius 1 is 1.33 bits per heavy atom. The van der Waals surface area contributed by atoms with Gasteiger partial charge in [-0.3, -0.25) is 4.99 Å². The quantitative estimate of drug-likeness (QED) is 0.563. The van der Waals surface area contributed by atoms with Gasteiger partial charge in [0.15, 0.2) is 5.96 Å². The zero-order chi connectivity index (χ0) is 13.0. The number of nitrogens with one attached hydrogen (secondary N) is 1. The van der Waals surface area contributed by atoms with Gasteiger partial charge in [0.1, 0.15) is 0 Å². The molecule has 0 aliphatic heterocycles. The monoisotopic (exact) mass is 251 g/mol. The Kier molecular flexibility index (Phi) is 4.52. The lowest BCUT2D eigenvalue weighted by Crippen LogP contribution is -2.40. The van der Waals surface area contributed by atoms with Gasteiger partial charge in [0.25, 0.3) is 0 Å². The molecule has 0 aromatic carbocycles. The molecule has 2 saturated carbocycles. The molecule has 0 heterocycles. The molecule has 2 fully saturated rings. The fraction of sp³-hybridized carbons (Fsp3) is 0.933. The van der Waals surface area contributed by atoms with Gasteiger partial charge >= 0.3 is 0 Å². The van der Waals surface area contributed by atoms with E-state index in [1.165, 1.54) is 44.9 Å². The van der Waals surface area contributed by atoms with Gasteiger partial charge in [0.2, 0.25) is 0 Å². The first-order valence-electron chi connectivity index (χ1n) is 7.63. The molecule has 0 atom stereocenters. The lowest BCUT2D eigenvalue weighted by atomic mass is 9.64. The SMILES string of the molecule is CC(C)CC1(CN=C(N)NCC2CCC2)CCC1. The van der Waals surface area contributed by atoms with Crippen molar-refractivity contribution >= 4 is 5.96 Å². The van der Waals surface area contributed by atoms with Gasteiger partial charge in [0, 0.05) is 13.1 Å². The fourth-order valence-electron chi connectivity index (χ4n) is 3.22. The summed E-state index contributed by atoms with van der Waals surface area (Å²) in [5.41, 5.74) is 6.43. The molecule has 0 saturated heterocycles. The second kappa shape index (κ2) is 5.94. The average molecular weight is 251 g/mol. The molecule has 2 rings (SSSR count). The lowest BCUT2D eigenvalue weighted by molar-refractivity contribution is 0.111. The average Bonchev–Trinajstić information content (AvgIpc) is 2.19. The van der Waals surface area contributed by atoms with Crippen molar-refractivity contribution in [3.8, 4) is 0 Å². The maximum atomic E-state index is 5.96. The van der Waals surface area contributed by atoms with Crippen molar-refractivity contribution in [2.45, 2.75) is 58.8 Å². The standard InChI is InChI=1S/C15H29N3/c1-12(2)9-15(7-4-8-15)11-18-14(16)17-10-13-5-3-6-13/h12-13H,3-11H2,1-2H3,(H3,16,17,18). The van der Waals surface area contributed by atoms with E-state index < -0.39 is 0 Å². The molecule has 18 heavy (non-hydrogen) atoms. The Labute approximate surface area is 112 Å². The minimum atomic E-state index is 0.469. The van der Waals surface area contributed by atoms with Gasteiger partial charge in [-0.15, -0.1) is 0 Å². The van der Waals surface area contributed by atoms with Crippen LogP contribution in [0, 0.1) is 17.3 Å². The first-order valence-corrected chi connectivity index (χ1v) is 7.63. The molecule has 0 radical (unpaired) electrons. The van der Waals surface area contributed by atoms with Crippen LogP contribution in [0.3, 0.4) is 0 Å². The predicted molar refractivity (Wildman–Crippen MR) is 77.6 cm³/mol. The minimum Gasteiger partial charge on any atom is -0.370 e. The zero-order valence-electron chi connectivity index (χ0n) is 12.0. The van der Waals surface area contributed by atoms with Gasteiger partial charge in [-0.25, -0.2) is 0 Å². The normalized spacial score (nSPS) is 23.6. The number of aliphatic imine (C=N–C) groups is 1. The summed E-state index contributed by atoms with van der Waals surface area (Å²) < 4.78 is 0. The summed E-state index contributed by atoms with van der Waals surface area (Å²) in [5.74, 6) is 2.27. The molecule has 0 bridgehead atoms. The van der Waals surface area contributed by atoms with Crippen molar-refractivity contribution in [3.05, 3.63) is 0 Å². The number of nitrogens with two attached hydrogens (primary N) is 1. The van der Waals surface area contributed by atoms with E-state index in [1.54, 1.807) is 0 Å². The van der Waals surface area contributed by atoms with E-state index in [0.29, 0.717) is 11.4 Å². The van der Waals surface area contributed by atoms with Gasteiger partial charge in [-0.1, -0.05) is 26.7 Å². The predicted octanol–water partition coefficient (Wildman–Crippen LogP) is 2.91. The Balaban J connectivity index is 1.73. The van der Waals surface area contributed by atoms with Crippen LogP contribution in [-0.4, -0.2) is 19.0 Å². The Morgan fingerprint density at radius 2 is 2.06 bits per heavy atom. The van der Waals surface area contributed by atoms with Crippen molar-refractivity contribution in [1.29, 1.82) is 0 Å². The Hall–Kier alpha value is -0.730. The first kappa shape index (κ1) is 13.7. The van der Waals surface area contributed by atoms with Crippen LogP contribution in [0.5, 0.6) is 0 Å². The van der Waals surface area contributed by atoms with Gasteiger partial charge in [-0.2, -0.15) is 0 Å². The van der Waals surface area contributed by atoms with Crippen LogP contribution in [-0.2, 0) is 0 Å². The van der Waals surface area contributed by atoms with Crippen molar-refractivity contribution in [2.24, 2.45) is 28.0 Å². The maximum Gasteiger partial charge on any atom is 0.188 e. The number of hydrogen-bond acceptors (Lipinski definition) is 1. The van der Waals surface area contributed by atoms with Gasteiger partial charge in [-0.05, 0) is 49.4 Å². The lowest BCUT2D eigenvalue weighted by Gasteiger charge is -2.42. The van der Waals surface area contributed by atoms with Crippen LogP contribution >= 0.6 is 0 Å². The third kappa shape index (κ3) is 3.63. The molecule has 0 aromatic rings. The van der Waals surface area contributed by atoms with Crippen LogP contribution in [0.2, 0.25) is 0 Å². The zero-order valence-corrected chi connectivity index (χ0v) is 12.0. The third-order valence-electron chi connectivity index (χ3n) is 4.64. The molecule has 3 nitrogen and oxygen atoms in total. The molecule has 104 valence electrons. The summed E-state index contributed by atoms with van der Waals surface area (Å²) in [6, 6.07) is 0. The third-order valence-corrected chi connectivity index (χ3v) is 4.64. The molecule has 3 heteroatoms. The van der Waals surface area contributed by atoms with Crippen LogP contribution in [0.1, 0.15) is 58.8 Å². The highest BCUT2D eigenvalue weighted by Crippen LogP contribution is 2.46. The summed E-state index contributed by atoms with van der Waals surface area (Å²) in [7, 11) is 0. The van der Waals surface area contributed by atoms with Crippen molar-refractivity contribution in [3.63, 3.8) is 0 Å². The number of rotatable bonds is 6. The Morgan fingerprint density at radius 3 is 2.50 bits per heavy atom. The molecular formula is C15H29N3. The minimum absolute atomic E-state index is 0.469. The van der Waals surface area contributed by atoms with E-state index in [4.69, 9.17) is 5.73 Å². The first-order chi connectivity index (χ1) is 8.60. The Bertz CT molecular complexity index is 288. The van der Waals surface area contributed by atoms with E-state index in [9.17, 15) is 0 Å². The van der Waals surface area contributed by atoms with Crippen molar-refractivity contribution in [1.82, 2.24) is 5.32 Å². The highest BCUT2D eigenvalue weighted by atomic mass is 15.1. The molecule has 2 aliphatic rings. The summed E-state index contributed by atoms with van der Waals surface area (Å²) in [4.78, 5) is 4.59. The second-order valence-electron chi connectivity index (χ2n) is 6.83. The molecule has 3 N–H and O–H groups in total. The number of hydrogen-bond donors (Lipinski definition) is 2. The van der Waals surface area contributed by atoms with E-state index in [2.05, 4.69) is 24.2 Å². The largest absolute Gasteiger partial charge is 0.370 e. The van der Waals surface area contributed by atoms with E-state index in [1.807, 2.05) is 0 Å². The topological polar surface area (TPSA) is 50.4 Å². The second-order valence-corrected chi connectivity index (χ2v) is 6.83. The molecule has 0 amide bonds. The molecule has 0 aromatic heterocycles. The van der Waals surface area contributed by atoms with Crippen LogP contribution in [0.4, 0.5) is 0 Å². The molecular weight excluding hydrogens is 222 g/mol. The maximum absolute atomic E-state index is 5.96. The number of guanidine groups is 1. The summed E-state index contributed by atoms with van der Waals surface area (Å²) in [5, 5.41) is 3.29. The van der Waals surface area contributed by atoms with E-state index in [-0.39, 0.29) is 0 Å². The van der Waals surface area contributed by atoms with Crippen LogP contribution in [0.25, 0.3) is 0 Å².